The SMILES string of the molecule is C=CCn1c(CNc2cccc(Cl)c2)nn(CC(=O)Nc2ccccc2C)c1=S. The van der Waals surface area contributed by atoms with Crippen molar-refractivity contribution < 1.29 is 4.79 Å². The van der Waals surface area contributed by atoms with Gasteiger partial charge in [-0.2, -0.15) is 5.10 Å². The Morgan fingerprint density at radius 1 is 1.28 bits per heavy atom. The molecular formula is C21H22ClN5OS. The first kappa shape index (κ1) is 20.8. The van der Waals surface area contributed by atoms with Crippen LogP contribution in [0.25, 0.3) is 0 Å². The van der Waals surface area contributed by atoms with E-state index in [9.17, 15) is 4.79 Å². The van der Waals surface area contributed by atoms with Crippen molar-refractivity contribution in [3.05, 3.63) is 82.4 Å². The van der Waals surface area contributed by atoms with E-state index < -0.39 is 0 Å². The summed E-state index contributed by atoms with van der Waals surface area (Å²) in [6, 6.07) is 15.1. The third kappa shape index (κ3) is 5.34. The van der Waals surface area contributed by atoms with Crippen molar-refractivity contribution in [3.8, 4) is 0 Å². The van der Waals surface area contributed by atoms with E-state index in [1.807, 2.05) is 60.0 Å². The number of para-hydroxylation sites is 1. The fraction of sp³-hybridized carbons (Fsp3) is 0.190. The molecule has 3 rings (SSSR count). The summed E-state index contributed by atoms with van der Waals surface area (Å²) in [5, 5.41) is 11.4. The summed E-state index contributed by atoms with van der Waals surface area (Å²) >= 11 is 11.6. The summed E-state index contributed by atoms with van der Waals surface area (Å²) < 4.78 is 3.84. The lowest BCUT2D eigenvalue weighted by atomic mass is 10.2. The number of aromatic nitrogens is 3. The Morgan fingerprint density at radius 2 is 2.07 bits per heavy atom. The molecule has 0 fully saturated rings. The molecular weight excluding hydrogens is 406 g/mol. The predicted molar refractivity (Wildman–Crippen MR) is 120 cm³/mol. The zero-order valence-electron chi connectivity index (χ0n) is 16.1. The number of hydrogen-bond acceptors (Lipinski definition) is 4. The second-order valence-electron chi connectivity index (χ2n) is 6.48. The lowest BCUT2D eigenvalue weighted by Crippen LogP contribution is -2.20. The number of halogens is 1. The molecule has 2 N–H and O–H groups in total. The smallest absolute Gasteiger partial charge is 0.246 e. The van der Waals surface area contributed by atoms with Crippen LogP contribution in [0.2, 0.25) is 5.02 Å². The van der Waals surface area contributed by atoms with Gasteiger partial charge in [0, 0.05) is 22.9 Å². The van der Waals surface area contributed by atoms with Gasteiger partial charge in [-0.05, 0) is 49.0 Å². The second kappa shape index (κ2) is 9.54. The molecule has 1 heterocycles. The van der Waals surface area contributed by atoms with Crippen LogP contribution in [0.4, 0.5) is 11.4 Å². The van der Waals surface area contributed by atoms with Gasteiger partial charge in [-0.25, -0.2) is 4.68 Å². The number of allylic oxidation sites excluding steroid dienone is 1. The summed E-state index contributed by atoms with van der Waals surface area (Å²) in [6.45, 7) is 6.70. The number of aryl methyl sites for hydroxylation is 1. The van der Waals surface area contributed by atoms with E-state index >= 15 is 0 Å². The van der Waals surface area contributed by atoms with E-state index in [2.05, 4.69) is 22.3 Å². The molecule has 3 aromatic rings. The number of carbonyl (C=O) groups excluding carboxylic acids is 1. The van der Waals surface area contributed by atoms with Crippen LogP contribution in [0.15, 0.2) is 61.2 Å². The molecule has 0 unspecified atom stereocenters. The molecule has 0 saturated carbocycles. The lowest BCUT2D eigenvalue weighted by molar-refractivity contribution is -0.116. The largest absolute Gasteiger partial charge is 0.378 e. The van der Waals surface area contributed by atoms with Crippen LogP contribution in [0, 0.1) is 11.7 Å². The summed E-state index contributed by atoms with van der Waals surface area (Å²) in [6.07, 6.45) is 1.75. The van der Waals surface area contributed by atoms with Crippen LogP contribution in [0.1, 0.15) is 11.4 Å². The highest BCUT2D eigenvalue weighted by Gasteiger charge is 2.13. The van der Waals surface area contributed by atoms with Gasteiger partial charge in [-0.1, -0.05) is 41.9 Å². The Balaban J connectivity index is 1.76. The van der Waals surface area contributed by atoms with E-state index in [1.165, 1.54) is 4.68 Å². The number of nitrogens with one attached hydrogen (secondary N) is 2. The molecule has 8 heteroatoms. The summed E-state index contributed by atoms with van der Waals surface area (Å²) in [5.41, 5.74) is 2.64. The zero-order valence-corrected chi connectivity index (χ0v) is 17.6. The van der Waals surface area contributed by atoms with Crippen molar-refractivity contribution in [1.82, 2.24) is 14.3 Å². The molecule has 0 aliphatic carbocycles. The number of carbonyl (C=O) groups is 1. The van der Waals surface area contributed by atoms with E-state index in [0.717, 1.165) is 16.9 Å². The van der Waals surface area contributed by atoms with Crippen LogP contribution in [0.5, 0.6) is 0 Å². The highest BCUT2D eigenvalue weighted by atomic mass is 35.5. The number of hydrogen-bond donors (Lipinski definition) is 2. The number of nitrogens with zero attached hydrogens (tertiary/aromatic N) is 3. The average Bonchev–Trinajstić information content (AvgIpc) is 2.97. The quantitative estimate of drug-likeness (QED) is 0.400. The number of rotatable bonds is 8. The molecule has 150 valence electrons. The summed E-state index contributed by atoms with van der Waals surface area (Å²) in [7, 11) is 0. The fourth-order valence-electron chi connectivity index (χ4n) is 2.85. The fourth-order valence-corrected chi connectivity index (χ4v) is 3.33. The van der Waals surface area contributed by atoms with Gasteiger partial charge in [-0.3, -0.25) is 9.36 Å². The van der Waals surface area contributed by atoms with Crippen molar-refractivity contribution >= 4 is 41.1 Å². The molecule has 1 amide bonds. The Kier molecular flexibility index (Phi) is 6.85. The second-order valence-corrected chi connectivity index (χ2v) is 7.28. The zero-order chi connectivity index (χ0) is 20.8. The number of benzene rings is 2. The van der Waals surface area contributed by atoms with Crippen molar-refractivity contribution in [3.63, 3.8) is 0 Å². The van der Waals surface area contributed by atoms with Crippen LogP contribution < -0.4 is 10.6 Å². The minimum absolute atomic E-state index is 0.0292. The van der Waals surface area contributed by atoms with E-state index in [1.54, 1.807) is 6.08 Å². The lowest BCUT2D eigenvalue weighted by Gasteiger charge is -2.07. The Hall–Kier alpha value is -2.90. The molecule has 0 atom stereocenters. The topological polar surface area (TPSA) is 63.9 Å². The summed E-state index contributed by atoms with van der Waals surface area (Å²) in [5.74, 6) is 0.520. The Labute approximate surface area is 179 Å². The van der Waals surface area contributed by atoms with Crippen molar-refractivity contribution in [2.45, 2.75) is 26.6 Å². The molecule has 6 nitrogen and oxygen atoms in total. The van der Waals surface area contributed by atoms with Crippen LogP contribution in [-0.2, 0) is 24.4 Å². The molecule has 0 spiro atoms. The van der Waals surface area contributed by atoms with Crippen molar-refractivity contribution in [2.24, 2.45) is 0 Å². The van der Waals surface area contributed by atoms with Gasteiger partial charge in [-0.15, -0.1) is 6.58 Å². The molecule has 2 aromatic carbocycles. The highest BCUT2D eigenvalue weighted by molar-refractivity contribution is 7.71. The summed E-state index contributed by atoms with van der Waals surface area (Å²) in [4.78, 5) is 12.5. The molecule has 29 heavy (non-hydrogen) atoms. The Morgan fingerprint density at radius 3 is 2.79 bits per heavy atom. The van der Waals surface area contributed by atoms with Gasteiger partial charge in [0.2, 0.25) is 5.91 Å². The average molecular weight is 428 g/mol. The minimum atomic E-state index is -0.187. The maximum absolute atomic E-state index is 12.5. The third-order valence-electron chi connectivity index (χ3n) is 4.30. The molecule has 0 aliphatic heterocycles. The first-order chi connectivity index (χ1) is 14.0. The van der Waals surface area contributed by atoms with Crippen LogP contribution in [-0.4, -0.2) is 20.3 Å². The van der Waals surface area contributed by atoms with Crippen molar-refractivity contribution in [2.75, 3.05) is 10.6 Å². The van der Waals surface area contributed by atoms with Crippen LogP contribution in [0.3, 0.4) is 0 Å². The van der Waals surface area contributed by atoms with E-state index in [-0.39, 0.29) is 12.5 Å². The minimum Gasteiger partial charge on any atom is -0.378 e. The number of anilines is 2. The van der Waals surface area contributed by atoms with E-state index in [4.69, 9.17) is 23.8 Å². The predicted octanol–water partition coefficient (Wildman–Crippen LogP) is 4.81. The third-order valence-corrected chi connectivity index (χ3v) is 4.97. The van der Waals surface area contributed by atoms with E-state index in [0.29, 0.717) is 28.7 Å². The van der Waals surface area contributed by atoms with Gasteiger partial charge in [0.05, 0.1) is 6.54 Å². The highest BCUT2D eigenvalue weighted by Crippen LogP contribution is 2.16. The van der Waals surface area contributed by atoms with Crippen LogP contribution >= 0.6 is 23.8 Å². The monoisotopic (exact) mass is 427 g/mol. The van der Waals surface area contributed by atoms with Gasteiger partial charge in [0.1, 0.15) is 6.54 Å². The standard InChI is InChI=1S/C21H22ClN5OS/c1-3-11-26-19(13-23-17-9-6-8-16(22)12-17)25-27(21(26)29)14-20(28)24-18-10-5-4-7-15(18)2/h3-10,12,23H,1,11,13-14H2,2H3,(H,24,28). The molecule has 0 radical (unpaired) electrons. The Bertz CT molecular complexity index is 1090. The molecule has 0 aliphatic rings. The number of amides is 1. The van der Waals surface area contributed by atoms with Gasteiger partial charge < -0.3 is 10.6 Å². The maximum atomic E-state index is 12.5. The molecule has 0 bridgehead atoms. The molecule has 1 aromatic heterocycles. The first-order valence-electron chi connectivity index (χ1n) is 9.10. The van der Waals surface area contributed by atoms with Gasteiger partial charge >= 0.3 is 0 Å². The first-order valence-corrected chi connectivity index (χ1v) is 9.89. The molecule has 0 saturated heterocycles. The van der Waals surface area contributed by atoms with Gasteiger partial charge in [0.25, 0.3) is 0 Å². The van der Waals surface area contributed by atoms with Gasteiger partial charge in [0.15, 0.2) is 10.6 Å². The normalized spacial score (nSPS) is 10.6. The van der Waals surface area contributed by atoms with Crippen molar-refractivity contribution in [1.29, 1.82) is 0 Å². The maximum Gasteiger partial charge on any atom is 0.246 e.